The van der Waals surface area contributed by atoms with Gasteiger partial charge in [-0.15, -0.1) is 5.10 Å². The molecule has 0 spiro atoms. The second-order valence-corrected chi connectivity index (χ2v) is 5.99. The van der Waals surface area contributed by atoms with Gasteiger partial charge in [-0.2, -0.15) is 0 Å². The Morgan fingerprint density at radius 3 is 2.48 bits per heavy atom. The standard InChI is InChI=1S/C12H15N5O3S/c1-3-13-21(19,20)10-6-4-9(5-7-10)15-12(18)11-14-8(2)16-17-11/h4-7,13H,3H2,1-2H3,(H,15,18)(H,14,16,17). The van der Waals surface area contributed by atoms with Gasteiger partial charge in [0.25, 0.3) is 5.91 Å². The fourth-order valence-electron chi connectivity index (χ4n) is 1.62. The Labute approximate surface area is 122 Å². The van der Waals surface area contributed by atoms with E-state index in [0.29, 0.717) is 18.1 Å². The maximum atomic E-state index is 11.8. The third-order valence-electron chi connectivity index (χ3n) is 2.56. The van der Waals surface area contributed by atoms with Crippen LogP contribution >= 0.6 is 0 Å². The summed E-state index contributed by atoms with van der Waals surface area (Å²) in [5.74, 6) is 0.0886. The summed E-state index contributed by atoms with van der Waals surface area (Å²) in [7, 11) is -3.50. The van der Waals surface area contributed by atoms with Gasteiger partial charge in [-0.05, 0) is 31.2 Å². The van der Waals surface area contributed by atoms with Crippen molar-refractivity contribution >= 4 is 21.6 Å². The highest BCUT2D eigenvalue weighted by atomic mass is 32.2. The molecule has 0 saturated carbocycles. The molecule has 0 bridgehead atoms. The van der Waals surface area contributed by atoms with E-state index in [0.717, 1.165) is 0 Å². The quantitative estimate of drug-likeness (QED) is 0.750. The van der Waals surface area contributed by atoms with Gasteiger partial charge in [0.2, 0.25) is 15.8 Å². The molecule has 0 aliphatic carbocycles. The van der Waals surface area contributed by atoms with E-state index in [1.165, 1.54) is 24.3 Å². The Balaban J connectivity index is 2.11. The first-order valence-corrected chi connectivity index (χ1v) is 7.71. The smallest absolute Gasteiger partial charge is 0.295 e. The van der Waals surface area contributed by atoms with Crippen LogP contribution in [0.25, 0.3) is 0 Å². The zero-order valence-electron chi connectivity index (χ0n) is 11.5. The minimum absolute atomic E-state index is 0.0249. The lowest BCUT2D eigenvalue weighted by atomic mass is 10.3. The largest absolute Gasteiger partial charge is 0.319 e. The molecule has 0 unspecified atom stereocenters. The predicted molar refractivity (Wildman–Crippen MR) is 76.4 cm³/mol. The molecule has 21 heavy (non-hydrogen) atoms. The summed E-state index contributed by atoms with van der Waals surface area (Å²) in [6, 6.07) is 5.83. The van der Waals surface area contributed by atoms with Crippen LogP contribution in [-0.2, 0) is 10.0 Å². The maximum Gasteiger partial charge on any atom is 0.295 e. The molecular formula is C12H15N5O3S. The maximum absolute atomic E-state index is 11.8. The van der Waals surface area contributed by atoms with E-state index in [1.54, 1.807) is 13.8 Å². The Kier molecular flexibility index (Phi) is 4.34. The fraction of sp³-hybridized carbons (Fsp3) is 0.250. The molecule has 3 N–H and O–H groups in total. The van der Waals surface area contributed by atoms with Crippen molar-refractivity contribution in [2.24, 2.45) is 0 Å². The van der Waals surface area contributed by atoms with Crippen LogP contribution < -0.4 is 10.0 Å². The van der Waals surface area contributed by atoms with Crippen LogP contribution in [0.5, 0.6) is 0 Å². The number of carbonyl (C=O) groups is 1. The Bertz CT molecular complexity index is 737. The van der Waals surface area contributed by atoms with Gasteiger partial charge in [0.15, 0.2) is 0 Å². The molecule has 1 heterocycles. The summed E-state index contributed by atoms with van der Waals surface area (Å²) in [6.07, 6.45) is 0. The van der Waals surface area contributed by atoms with E-state index >= 15 is 0 Å². The third kappa shape index (κ3) is 3.64. The van der Waals surface area contributed by atoms with E-state index in [4.69, 9.17) is 0 Å². The van der Waals surface area contributed by atoms with Gasteiger partial charge in [-0.3, -0.25) is 9.89 Å². The van der Waals surface area contributed by atoms with Gasteiger partial charge in [0.05, 0.1) is 4.90 Å². The average Bonchev–Trinajstić information content (AvgIpc) is 2.86. The molecule has 8 nitrogen and oxygen atoms in total. The van der Waals surface area contributed by atoms with E-state index in [2.05, 4.69) is 25.2 Å². The number of aromatic nitrogens is 3. The molecule has 1 aromatic carbocycles. The van der Waals surface area contributed by atoms with Crippen LogP contribution in [0, 0.1) is 6.92 Å². The van der Waals surface area contributed by atoms with Crippen LogP contribution in [0.1, 0.15) is 23.4 Å². The molecule has 112 valence electrons. The van der Waals surface area contributed by atoms with Crippen molar-refractivity contribution in [3.63, 3.8) is 0 Å². The minimum Gasteiger partial charge on any atom is -0.319 e. The molecule has 0 aliphatic rings. The summed E-state index contributed by atoms with van der Waals surface area (Å²) in [5, 5.41) is 8.89. The van der Waals surface area contributed by atoms with Crippen molar-refractivity contribution < 1.29 is 13.2 Å². The second kappa shape index (κ2) is 6.02. The number of aromatic amines is 1. The van der Waals surface area contributed by atoms with Crippen LogP contribution in [0.2, 0.25) is 0 Å². The van der Waals surface area contributed by atoms with Crippen LogP contribution in [0.3, 0.4) is 0 Å². The summed E-state index contributed by atoms with van der Waals surface area (Å²) < 4.78 is 25.9. The number of H-pyrrole nitrogens is 1. The number of anilines is 1. The van der Waals surface area contributed by atoms with Gasteiger partial charge in [0.1, 0.15) is 5.82 Å². The highest BCUT2D eigenvalue weighted by Crippen LogP contribution is 2.14. The van der Waals surface area contributed by atoms with Crippen molar-refractivity contribution in [1.82, 2.24) is 19.9 Å². The SMILES string of the molecule is CCNS(=O)(=O)c1ccc(NC(=O)c2n[nH]c(C)n2)cc1. The van der Waals surface area contributed by atoms with Crippen LogP contribution in [0.4, 0.5) is 5.69 Å². The molecule has 0 saturated heterocycles. The normalized spacial score (nSPS) is 11.3. The number of benzene rings is 1. The minimum atomic E-state index is -3.50. The lowest BCUT2D eigenvalue weighted by Crippen LogP contribution is -2.23. The Morgan fingerprint density at radius 1 is 1.29 bits per heavy atom. The number of nitrogens with zero attached hydrogens (tertiary/aromatic N) is 2. The number of amides is 1. The zero-order chi connectivity index (χ0) is 15.5. The number of rotatable bonds is 5. The summed E-state index contributed by atoms with van der Waals surface area (Å²) in [4.78, 5) is 15.9. The van der Waals surface area contributed by atoms with Gasteiger partial charge in [0, 0.05) is 12.2 Å². The molecule has 0 fully saturated rings. The number of hydrogen-bond acceptors (Lipinski definition) is 5. The van der Waals surface area contributed by atoms with Gasteiger partial charge >= 0.3 is 0 Å². The van der Waals surface area contributed by atoms with Gasteiger partial charge in [-0.25, -0.2) is 18.1 Å². The van der Waals surface area contributed by atoms with Gasteiger partial charge < -0.3 is 5.32 Å². The first-order valence-electron chi connectivity index (χ1n) is 6.22. The summed E-state index contributed by atoms with van der Waals surface area (Å²) in [5.41, 5.74) is 0.456. The number of sulfonamides is 1. The summed E-state index contributed by atoms with van der Waals surface area (Å²) in [6.45, 7) is 3.69. The van der Waals surface area contributed by atoms with E-state index in [9.17, 15) is 13.2 Å². The van der Waals surface area contributed by atoms with E-state index in [1.807, 2.05) is 0 Å². The predicted octanol–water partition coefficient (Wildman–Crippen LogP) is 0.664. The average molecular weight is 309 g/mol. The molecule has 1 amide bonds. The molecule has 0 aliphatic heterocycles. The van der Waals surface area contributed by atoms with Crippen molar-refractivity contribution in [1.29, 1.82) is 0 Å². The summed E-state index contributed by atoms with van der Waals surface area (Å²) >= 11 is 0. The first-order chi connectivity index (χ1) is 9.92. The fourth-order valence-corrected chi connectivity index (χ4v) is 2.66. The van der Waals surface area contributed by atoms with E-state index < -0.39 is 15.9 Å². The Hall–Kier alpha value is -2.26. The van der Waals surface area contributed by atoms with Crippen molar-refractivity contribution in [2.45, 2.75) is 18.7 Å². The van der Waals surface area contributed by atoms with Crippen molar-refractivity contribution in [2.75, 3.05) is 11.9 Å². The molecule has 9 heteroatoms. The lowest BCUT2D eigenvalue weighted by molar-refractivity contribution is 0.101. The van der Waals surface area contributed by atoms with Crippen molar-refractivity contribution in [3.8, 4) is 0 Å². The first kappa shape index (κ1) is 15.1. The molecule has 1 aromatic heterocycles. The van der Waals surface area contributed by atoms with Crippen LogP contribution in [0.15, 0.2) is 29.2 Å². The lowest BCUT2D eigenvalue weighted by Gasteiger charge is -2.06. The molecule has 2 aromatic rings. The molecule has 0 atom stereocenters. The topological polar surface area (TPSA) is 117 Å². The second-order valence-electron chi connectivity index (χ2n) is 4.22. The number of carbonyl (C=O) groups excluding carboxylic acids is 1. The number of aryl methyl sites for hydroxylation is 1. The number of hydrogen-bond donors (Lipinski definition) is 3. The monoisotopic (exact) mass is 309 g/mol. The Morgan fingerprint density at radius 2 is 1.95 bits per heavy atom. The molecular weight excluding hydrogens is 294 g/mol. The third-order valence-corrected chi connectivity index (χ3v) is 4.12. The number of nitrogens with one attached hydrogen (secondary N) is 3. The zero-order valence-corrected chi connectivity index (χ0v) is 12.4. The van der Waals surface area contributed by atoms with E-state index in [-0.39, 0.29) is 10.7 Å². The van der Waals surface area contributed by atoms with Gasteiger partial charge in [-0.1, -0.05) is 6.92 Å². The van der Waals surface area contributed by atoms with Crippen molar-refractivity contribution in [3.05, 3.63) is 35.9 Å². The highest BCUT2D eigenvalue weighted by molar-refractivity contribution is 7.89. The highest BCUT2D eigenvalue weighted by Gasteiger charge is 2.14. The molecule has 2 rings (SSSR count). The van der Waals surface area contributed by atoms with Crippen LogP contribution in [-0.4, -0.2) is 36.1 Å². The molecule has 0 radical (unpaired) electrons.